The molecular formula is C14H18N4. The smallest absolute Gasteiger partial charge is 0.0670 e. The number of nitrogens with one attached hydrogen (secondary N) is 1. The number of hydrogen-bond donors (Lipinski definition) is 1. The third-order valence-electron chi connectivity index (χ3n) is 4.38. The molecule has 0 spiro atoms. The van der Waals surface area contributed by atoms with Crippen molar-refractivity contribution in [2.45, 2.75) is 18.9 Å². The van der Waals surface area contributed by atoms with Crippen LogP contribution >= 0.6 is 0 Å². The minimum absolute atomic E-state index is 0.774. The van der Waals surface area contributed by atoms with Crippen LogP contribution < -0.4 is 4.90 Å². The predicted octanol–water partition coefficient (Wildman–Crippen LogP) is 1.85. The topological polar surface area (TPSA) is 35.2 Å². The van der Waals surface area contributed by atoms with E-state index in [2.05, 4.69) is 38.2 Å². The Bertz CT molecular complexity index is 562. The first-order valence-corrected chi connectivity index (χ1v) is 6.82. The number of nitrogens with zero attached hydrogens (tertiary/aromatic N) is 3. The van der Waals surface area contributed by atoms with Gasteiger partial charge in [-0.2, -0.15) is 5.10 Å². The first-order chi connectivity index (χ1) is 8.90. The highest BCUT2D eigenvalue weighted by Gasteiger charge is 2.30. The summed E-state index contributed by atoms with van der Waals surface area (Å²) in [6.07, 6.45) is 4.62. The molecule has 1 aromatic heterocycles. The molecule has 0 radical (unpaired) electrons. The molecule has 2 aliphatic heterocycles. The molecule has 3 heterocycles. The van der Waals surface area contributed by atoms with Crippen LogP contribution in [-0.4, -0.2) is 47.3 Å². The van der Waals surface area contributed by atoms with Gasteiger partial charge in [0, 0.05) is 36.7 Å². The van der Waals surface area contributed by atoms with E-state index in [1.54, 1.807) is 0 Å². The summed E-state index contributed by atoms with van der Waals surface area (Å²) in [6, 6.07) is 7.39. The molecule has 4 heteroatoms. The number of fused-ring (bicyclic) bond motifs is 2. The number of H-pyrrole nitrogens is 1. The van der Waals surface area contributed by atoms with Crippen molar-refractivity contribution in [3.8, 4) is 0 Å². The Morgan fingerprint density at radius 3 is 3.22 bits per heavy atom. The summed E-state index contributed by atoms with van der Waals surface area (Å²) in [4.78, 5) is 5.16. The van der Waals surface area contributed by atoms with Crippen LogP contribution in [0.2, 0.25) is 0 Å². The highest BCUT2D eigenvalue weighted by molar-refractivity contribution is 5.81. The van der Waals surface area contributed by atoms with Crippen molar-refractivity contribution in [3.63, 3.8) is 0 Å². The number of anilines is 1. The zero-order chi connectivity index (χ0) is 11.9. The summed E-state index contributed by atoms with van der Waals surface area (Å²) in [5, 5.41) is 8.34. The maximum atomic E-state index is 4.09. The average Bonchev–Trinajstić information content (AvgIpc) is 3.05. The highest BCUT2D eigenvalue weighted by atomic mass is 15.3. The van der Waals surface area contributed by atoms with Gasteiger partial charge in [-0.15, -0.1) is 0 Å². The predicted molar refractivity (Wildman–Crippen MR) is 72.9 cm³/mol. The van der Waals surface area contributed by atoms with E-state index in [1.807, 2.05) is 6.20 Å². The molecule has 2 fully saturated rings. The summed E-state index contributed by atoms with van der Waals surface area (Å²) < 4.78 is 0. The highest BCUT2D eigenvalue weighted by Crippen LogP contribution is 2.27. The van der Waals surface area contributed by atoms with Crippen LogP contribution in [0.25, 0.3) is 10.9 Å². The number of aromatic amines is 1. The van der Waals surface area contributed by atoms with Gasteiger partial charge in [-0.05, 0) is 37.6 Å². The van der Waals surface area contributed by atoms with Gasteiger partial charge in [0.15, 0.2) is 0 Å². The van der Waals surface area contributed by atoms with E-state index in [0.29, 0.717) is 0 Å². The number of hydrogen-bond acceptors (Lipinski definition) is 3. The van der Waals surface area contributed by atoms with Gasteiger partial charge in [-0.3, -0.25) is 10.00 Å². The number of benzene rings is 1. The van der Waals surface area contributed by atoms with Crippen LogP contribution in [0.5, 0.6) is 0 Å². The fourth-order valence-corrected chi connectivity index (χ4v) is 3.35. The third kappa shape index (κ3) is 1.60. The van der Waals surface area contributed by atoms with E-state index in [4.69, 9.17) is 0 Å². The SMILES string of the molecule is c1cc2cn[nH]c2cc1N1CCN2CCCC2C1. The zero-order valence-electron chi connectivity index (χ0n) is 10.5. The summed E-state index contributed by atoms with van der Waals surface area (Å²) in [5.41, 5.74) is 2.47. The van der Waals surface area contributed by atoms with E-state index in [9.17, 15) is 0 Å². The molecule has 0 aliphatic carbocycles. The van der Waals surface area contributed by atoms with Gasteiger partial charge in [-0.25, -0.2) is 0 Å². The van der Waals surface area contributed by atoms with Crippen molar-refractivity contribution < 1.29 is 0 Å². The lowest BCUT2D eigenvalue weighted by Gasteiger charge is -2.38. The molecule has 1 aromatic carbocycles. The molecule has 0 saturated carbocycles. The fourth-order valence-electron chi connectivity index (χ4n) is 3.35. The second kappa shape index (κ2) is 3.99. The number of aromatic nitrogens is 2. The van der Waals surface area contributed by atoms with Gasteiger partial charge in [0.1, 0.15) is 0 Å². The molecule has 2 aromatic rings. The molecular weight excluding hydrogens is 224 g/mol. The summed E-state index contributed by atoms with van der Waals surface area (Å²) in [7, 11) is 0. The van der Waals surface area contributed by atoms with Gasteiger partial charge < -0.3 is 4.90 Å². The van der Waals surface area contributed by atoms with Crippen LogP contribution in [0.4, 0.5) is 5.69 Å². The maximum absolute atomic E-state index is 4.09. The normalized spacial score (nSPS) is 24.7. The van der Waals surface area contributed by atoms with Crippen LogP contribution in [0, 0.1) is 0 Å². The first-order valence-electron chi connectivity index (χ1n) is 6.82. The molecule has 94 valence electrons. The van der Waals surface area contributed by atoms with Crippen LogP contribution in [0.1, 0.15) is 12.8 Å². The van der Waals surface area contributed by atoms with Crippen molar-refractivity contribution in [2.75, 3.05) is 31.1 Å². The number of rotatable bonds is 1. The van der Waals surface area contributed by atoms with Crippen LogP contribution in [0.15, 0.2) is 24.4 Å². The molecule has 1 N–H and O–H groups in total. The van der Waals surface area contributed by atoms with E-state index in [-0.39, 0.29) is 0 Å². The molecule has 1 unspecified atom stereocenters. The minimum Gasteiger partial charge on any atom is -0.369 e. The molecule has 4 nitrogen and oxygen atoms in total. The van der Waals surface area contributed by atoms with Gasteiger partial charge in [-0.1, -0.05) is 0 Å². The quantitative estimate of drug-likeness (QED) is 0.829. The standard InChI is InChI=1S/C14H18N4/c1-2-13-10-18(7-6-17(13)5-1)12-4-3-11-9-15-16-14(11)8-12/h3-4,8-9,13H,1-2,5-7,10H2,(H,15,16). The van der Waals surface area contributed by atoms with Gasteiger partial charge in [0.2, 0.25) is 0 Å². The van der Waals surface area contributed by atoms with Gasteiger partial charge in [0.25, 0.3) is 0 Å². The summed E-state index contributed by atoms with van der Waals surface area (Å²) in [5.74, 6) is 0. The third-order valence-corrected chi connectivity index (χ3v) is 4.38. The second-order valence-corrected chi connectivity index (χ2v) is 5.42. The molecule has 0 amide bonds. The lowest BCUT2D eigenvalue weighted by molar-refractivity contribution is 0.231. The molecule has 2 saturated heterocycles. The Morgan fingerprint density at radius 1 is 1.22 bits per heavy atom. The Labute approximate surface area is 107 Å². The Morgan fingerprint density at radius 2 is 2.22 bits per heavy atom. The molecule has 0 bridgehead atoms. The van der Waals surface area contributed by atoms with Crippen molar-refractivity contribution in [3.05, 3.63) is 24.4 Å². The fraction of sp³-hybridized carbons (Fsp3) is 0.500. The largest absolute Gasteiger partial charge is 0.369 e. The monoisotopic (exact) mass is 242 g/mol. The lowest BCUT2D eigenvalue weighted by atomic mass is 10.1. The summed E-state index contributed by atoms with van der Waals surface area (Å²) >= 11 is 0. The second-order valence-electron chi connectivity index (χ2n) is 5.42. The lowest BCUT2D eigenvalue weighted by Crippen LogP contribution is -2.50. The van der Waals surface area contributed by atoms with Crippen molar-refractivity contribution in [2.24, 2.45) is 0 Å². The van der Waals surface area contributed by atoms with E-state index in [0.717, 1.165) is 18.1 Å². The molecule has 18 heavy (non-hydrogen) atoms. The van der Waals surface area contributed by atoms with Crippen molar-refractivity contribution >= 4 is 16.6 Å². The van der Waals surface area contributed by atoms with E-state index < -0.39 is 0 Å². The molecule has 4 rings (SSSR count). The Hall–Kier alpha value is -1.55. The van der Waals surface area contributed by atoms with E-state index in [1.165, 1.54) is 43.5 Å². The maximum Gasteiger partial charge on any atom is 0.0670 e. The number of piperazine rings is 1. The zero-order valence-corrected chi connectivity index (χ0v) is 10.5. The summed E-state index contributed by atoms with van der Waals surface area (Å²) in [6.45, 7) is 4.85. The van der Waals surface area contributed by atoms with Crippen molar-refractivity contribution in [1.82, 2.24) is 15.1 Å². The molecule has 2 aliphatic rings. The van der Waals surface area contributed by atoms with Crippen LogP contribution in [0.3, 0.4) is 0 Å². The van der Waals surface area contributed by atoms with E-state index >= 15 is 0 Å². The van der Waals surface area contributed by atoms with Gasteiger partial charge >= 0.3 is 0 Å². The van der Waals surface area contributed by atoms with Crippen LogP contribution in [-0.2, 0) is 0 Å². The molecule has 1 atom stereocenters. The average molecular weight is 242 g/mol. The first kappa shape index (κ1) is 10.4. The van der Waals surface area contributed by atoms with Gasteiger partial charge in [0.05, 0.1) is 11.7 Å². The van der Waals surface area contributed by atoms with Crippen molar-refractivity contribution in [1.29, 1.82) is 0 Å². The Kier molecular flexibility index (Phi) is 2.30. The Balaban J connectivity index is 1.62. The minimum atomic E-state index is 0.774.